The number of nitrogens with zero attached hydrogens (tertiary/aromatic N) is 3. The first-order valence-electron chi connectivity index (χ1n) is 10.4. The molecule has 156 valence electrons. The van der Waals surface area contributed by atoms with Gasteiger partial charge in [0.1, 0.15) is 11.4 Å². The number of methoxy groups -OCH3 is 1. The first-order chi connectivity index (χ1) is 14.8. The molecule has 2 aromatic carbocycles. The molecule has 4 rings (SSSR count). The molecule has 0 saturated carbocycles. The van der Waals surface area contributed by atoms with Crippen molar-refractivity contribution in [2.75, 3.05) is 51.8 Å². The third kappa shape index (κ3) is 5.34. The van der Waals surface area contributed by atoms with Crippen molar-refractivity contribution in [1.29, 1.82) is 0 Å². The van der Waals surface area contributed by atoms with Crippen molar-refractivity contribution in [3.05, 3.63) is 59.8 Å². The number of benzene rings is 2. The average Bonchev–Trinajstić information content (AvgIpc) is 2.81. The minimum atomic E-state index is 0.820. The standard InChI is InChI=1S/C24H28N4O2/c1-29-20-10-7-19(8-11-20)9-12-23-24(27-22-6-3-2-5-21(22)26-23)25-13-4-14-28-15-17-30-18-16-28/h2-3,5-12H,4,13-18H2,1H3,(H,25,27)/b12-9+. The van der Waals surface area contributed by atoms with Gasteiger partial charge in [0.25, 0.3) is 0 Å². The fourth-order valence-corrected chi connectivity index (χ4v) is 3.48. The Morgan fingerprint density at radius 1 is 1.00 bits per heavy atom. The minimum Gasteiger partial charge on any atom is -0.497 e. The second kappa shape index (κ2) is 10.2. The van der Waals surface area contributed by atoms with Crippen molar-refractivity contribution < 1.29 is 9.47 Å². The fourth-order valence-electron chi connectivity index (χ4n) is 3.48. The molecule has 0 atom stereocenters. The van der Waals surface area contributed by atoms with Crippen LogP contribution in [0, 0.1) is 0 Å². The number of para-hydroxylation sites is 2. The number of aromatic nitrogens is 2. The molecule has 1 aromatic heterocycles. The summed E-state index contributed by atoms with van der Waals surface area (Å²) in [6, 6.07) is 15.9. The van der Waals surface area contributed by atoms with Crippen molar-refractivity contribution in [2.45, 2.75) is 6.42 Å². The maximum Gasteiger partial charge on any atom is 0.152 e. The Kier molecular flexibility index (Phi) is 6.90. The lowest BCUT2D eigenvalue weighted by Crippen LogP contribution is -2.37. The Labute approximate surface area is 177 Å². The number of hydrogen-bond acceptors (Lipinski definition) is 6. The van der Waals surface area contributed by atoms with Gasteiger partial charge in [0.05, 0.1) is 31.4 Å². The number of morpholine rings is 1. The van der Waals surface area contributed by atoms with E-state index in [9.17, 15) is 0 Å². The van der Waals surface area contributed by atoms with Crippen LogP contribution >= 0.6 is 0 Å². The normalized spacial score (nSPS) is 15.0. The van der Waals surface area contributed by atoms with Gasteiger partial charge in [0.15, 0.2) is 5.82 Å². The van der Waals surface area contributed by atoms with Gasteiger partial charge in [-0.1, -0.05) is 30.3 Å². The molecule has 3 aromatic rings. The summed E-state index contributed by atoms with van der Waals surface area (Å²) in [6.07, 6.45) is 5.12. The summed E-state index contributed by atoms with van der Waals surface area (Å²) in [5.41, 5.74) is 3.72. The number of fused-ring (bicyclic) bond motifs is 1. The second-order valence-electron chi connectivity index (χ2n) is 7.29. The molecule has 1 fully saturated rings. The zero-order chi connectivity index (χ0) is 20.6. The number of ether oxygens (including phenoxy) is 2. The molecule has 0 spiro atoms. The van der Waals surface area contributed by atoms with E-state index >= 15 is 0 Å². The molecule has 0 aliphatic carbocycles. The highest BCUT2D eigenvalue weighted by Gasteiger charge is 2.10. The monoisotopic (exact) mass is 404 g/mol. The average molecular weight is 405 g/mol. The summed E-state index contributed by atoms with van der Waals surface area (Å²) in [4.78, 5) is 12.1. The quantitative estimate of drug-likeness (QED) is 0.574. The van der Waals surface area contributed by atoms with Gasteiger partial charge in [-0.3, -0.25) is 4.90 Å². The highest BCUT2D eigenvalue weighted by Crippen LogP contribution is 2.20. The maximum absolute atomic E-state index is 5.42. The predicted molar refractivity (Wildman–Crippen MR) is 122 cm³/mol. The molecule has 30 heavy (non-hydrogen) atoms. The van der Waals surface area contributed by atoms with Crippen LogP contribution in [0.3, 0.4) is 0 Å². The predicted octanol–water partition coefficient (Wildman–Crippen LogP) is 3.94. The van der Waals surface area contributed by atoms with Gasteiger partial charge in [-0.15, -0.1) is 0 Å². The molecular weight excluding hydrogens is 376 g/mol. The third-order valence-corrected chi connectivity index (χ3v) is 5.19. The molecule has 2 heterocycles. The van der Waals surface area contributed by atoms with E-state index < -0.39 is 0 Å². The lowest BCUT2D eigenvalue weighted by molar-refractivity contribution is 0.0378. The van der Waals surface area contributed by atoms with Crippen LogP contribution in [0.5, 0.6) is 5.75 Å². The van der Waals surface area contributed by atoms with E-state index in [1.165, 1.54) is 0 Å². The molecule has 6 nitrogen and oxygen atoms in total. The summed E-state index contributed by atoms with van der Waals surface area (Å²) in [5.74, 6) is 1.67. The molecule has 1 aliphatic heterocycles. The van der Waals surface area contributed by atoms with Crippen molar-refractivity contribution in [1.82, 2.24) is 14.9 Å². The molecule has 1 saturated heterocycles. The Morgan fingerprint density at radius 3 is 2.47 bits per heavy atom. The highest BCUT2D eigenvalue weighted by atomic mass is 16.5. The van der Waals surface area contributed by atoms with Gasteiger partial charge in [-0.05, 0) is 48.9 Å². The molecule has 1 N–H and O–H groups in total. The lowest BCUT2D eigenvalue weighted by Gasteiger charge is -2.26. The number of hydrogen-bond donors (Lipinski definition) is 1. The van der Waals surface area contributed by atoms with E-state index in [2.05, 4.69) is 16.3 Å². The van der Waals surface area contributed by atoms with Gasteiger partial charge in [-0.2, -0.15) is 0 Å². The van der Waals surface area contributed by atoms with E-state index in [0.717, 1.165) is 79.7 Å². The molecule has 6 heteroatoms. The van der Waals surface area contributed by atoms with Crippen molar-refractivity contribution >= 4 is 29.0 Å². The van der Waals surface area contributed by atoms with E-state index in [-0.39, 0.29) is 0 Å². The topological polar surface area (TPSA) is 59.5 Å². The van der Waals surface area contributed by atoms with Crippen molar-refractivity contribution in [3.8, 4) is 5.75 Å². The van der Waals surface area contributed by atoms with Crippen LogP contribution in [0.2, 0.25) is 0 Å². The van der Waals surface area contributed by atoms with Gasteiger partial charge in [0.2, 0.25) is 0 Å². The van der Waals surface area contributed by atoms with Gasteiger partial charge >= 0.3 is 0 Å². The van der Waals surface area contributed by atoms with E-state index in [4.69, 9.17) is 19.4 Å². The number of anilines is 1. The molecular formula is C24H28N4O2. The van der Waals surface area contributed by atoms with Gasteiger partial charge < -0.3 is 14.8 Å². The highest BCUT2D eigenvalue weighted by molar-refractivity contribution is 5.81. The lowest BCUT2D eigenvalue weighted by atomic mass is 10.2. The van der Waals surface area contributed by atoms with Crippen LogP contribution in [0.1, 0.15) is 17.7 Å². The summed E-state index contributed by atoms with van der Waals surface area (Å²) in [5, 5.41) is 3.50. The Bertz CT molecular complexity index is 982. The zero-order valence-electron chi connectivity index (χ0n) is 17.4. The van der Waals surface area contributed by atoms with E-state index in [0.29, 0.717) is 0 Å². The number of nitrogens with one attached hydrogen (secondary N) is 1. The molecule has 0 amide bonds. The Hall–Kier alpha value is -2.96. The largest absolute Gasteiger partial charge is 0.497 e. The summed E-state index contributed by atoms with van der Waals surface area (Å²) < 4.78 is 10.6. The fraction of sp³-hybridized carbons (Fsp3) is 0.333. The summed E-state index contributed by atoms with van der Waals surface area (Å²) in [6.45, 7) is 5.63. The minimum absolute atomic E-state index is 0.820. The van der Waals surface area contributed by atoms with Crippen LogP contribution in [0.15, 0.2) is 48.5 Å². The summed E-state index contributed by atoms with van der Waals surface area (Å²) >= 11 is 0. The molecule has 0 bridgehead atoms. The van der Waals surface area contributed by atoms with E-state index in [1.54, 1.807) is 7.11 Å². The second-order valence-corrected chi connectivity index (χ2v) is 7.29. The smallest absolute Gasteiger partial charge is 0.152 e. The first kappa shape index (κ1) is 20.3. The zero-order valence-corrected chi connectivity index (χ0v) is 17.4. The van der Waals surface area contributed by atoms with Gasteiger partial charge in [-0.25, -0.2) is 9.97 Å². The number of rotatable bonds is 8. The van der Waals surface area contributed by atoms with Crippen molar-refractivity contribution in [3.63, 3.8) is 0 Å². The summed E-state index contributed by atoms with van der Waals surface area (Å²) in [7, 11) is 1.67. The Morgan fingerprint density at radius 2 is 1.73 bits per heavy atom. The van der Waals surface area contributed by atoms with Crippen LogP contribution in [-0.4, -0.2) is 61.4 Å². The van der Waals surface area contributed by atoms with Crippen LogP contribution in [0.25, 0.3) is 23.2 Å². The van der Waals surface area contributed by atoms with E-state index in [1.807, 2.05) is 54.6 Å². The molecule has 0 radical (unpaired) electrons. The third-order valence-electron chi connectivity index (χ3n) is 5.19. The van der Waals surface area contributed by atoms with Crippen LogP contribution in [-0.2, 0) is 4.74 Å². The van der Waals surface area contributed by atoms with Gasteiger partial charge in [0, 0.05) is 19.6 Å². The first-order valence-corrected chi connectivity index (χ1v) is 10.4. The SMILES string of the molecule is COc1ccc(/C=C/c2nc3ccccc3nc2NCCCN2CCOCC2)cc1. The van der Waals surface area contributed by atoms with Crippen molar-refractivity contribution in [2.24, 2.45) is 0 Å². The van der Waals surface area contributed by atoms with Crippen LogP contribution < -0.4 is 10.1 Å². The maximum atomic E-state index is 5.42. The molecule has 0 unspecified atom stereocenters. The molecule has 1 aliphatic rings. The Balaban J connectivity index is 1.47. The van der Waals surface area contributed by atoms with Crippen LogP contribution in [0.4, 0.5) is 5.82 Å².